The summed E-state index contributed by atoms with van der Waals surface area (Å²) in [7, 11) is -2.78. The maximum atomic E-state index is 9.98. The minimum Gasteiger partial charge on any atom is -1.00 e. The topological polar surface area (TPSA) is 49.4 Å². The van der Waals surface area contributed by atoms with Gasteiger partial charge in [0.15, 0.2) is 5.75 Å². The van der Waals surface area contributed by atoms with Crippen LogP contribution in [0.15, 0.2) is 30.3 Å². The zero-order valence-electron chi connectivity index (χ0n) is 8.14. The molecular formula is C6H5ClMgNa2O3P+3. The summed E-state index contributed by atoms with van der Waals surface area (Å²) in [6.07, 6.45) is 0. The number of rotatable bonds is 2. The first kappa shape index (κ1) is 25.1. The van der Waals surface area contributed by atoms with Crippen LogP contribution >= 0.6 is 8.25 Å². The third kappa shape index (κ3) is 12.2. The van der Waals surface area contributed by atoms with E-state index in [4.69, 9.17) is 0 Å². The van der Waals surface area contributed by atoms with E-state index >= 15 is 0 Å². The van der Waals surface area contributed by atoms with Crippen molar-refractivity contribution in [3.05, 3.63) is 30.3 Å². The van der Waals surface area contributed by atoms with Gasteiger partial charge in [0.05, 0.1) is 0 Å². The van der Waals surface area contributed by atoms with Crippen LogP contribution in [0.25, 0.3) is 0 Å². The summed E-state index contributed by atoms with van der Waals surface area (Å²) in [5.74, 6) is 0.346. The molecule has 0 aliphatic heterocycles. The fourth-order valence-corrected chi connectivity index (χ4v) is 0.861. The molecule has 0 N–H and O–H groups in total. The molecule has 0 aromatic heterocycles. The molecule has 1 atom stereocenters. The zero-order chi connectivity index (χ0) is 7.40. The summed E-state index contributed by atoms with van der Waals surface area (Å²) < 4.78 is 14.4. The number of para-hydroxylation sites is 1. The number of hydrogen-bond donors (Lipinski definition) is 0. The van der Waals surface area contributed by atoms with Crippen molar-refractivity contribution in [1.82, 2.24) is 0 Å². The van der Waals surface area contributed by atoms with Crippen molar-refractivity contribution in [2.45, 2.75) is 0 Å². The molecule has 0 aliphatic carbocycles. The zero-order valence-corrected chi connectivity index (χ0v) is 15.2. The van der Waals surface area contributed by atoms with Crippen LogP contribution in [0.2, 0.25) is 0 Å². The molecule has 0 heterocycles. The maximum absolute atomic E-state index is 9.98. The molecule has 0 aliphatic rings. The standard InChI is InChI=1S/C6H5O3P.ClH.Mg.2Na/c7-10(8)9-6-4-2-1-3-5-6;;;;/h1-5H;1H;;;/q;;+2;2*+1/p-1. The van der Waals surface area contributed by atoms with Crippen LogP contribution < -0.4 is 80.9 Å². The Hall–Kier alpha value is 2.14. The first-order valence-electron chi connectivity index (χ1n) is 2.66. The van der Waals surface area contributed by atoms with Crippen molar-refractivity contribution in [1.29, 1.82) is 0 Å². The smallest absolute Gasteiger partial charge is 1.00 e. The Labute approximate surface area is 150 Å². The Balaban J connectivity index is -0.000000125. The van der Waals surface area contributed by atoms with E-state index in [1.807, 2.05) is 0 Å². The molecule has 0 fully saturated rings. The van der Waals surface area contributed by atoms with Gasteiger partial charge in [-0.1, -0.05) is 18.2 Å². The molecular weight excluding hydrogens is 257 g/mol. The summed E-state index contributed by atoms with van der Waals surface area (Å²) >= 11 is 0. The van der Waals surface area contributed by atoms with Crippen molar-refractivity contribution in [2.75, 3.05) is 0 Å². The average Bonchev–Trinajstić information content (AvgIpc) is 1.88. The number of hydrogen-bond acceptors (Lipinski definition) is 3. The molecule has 0 bridgehead atoms. The summed E-state index contributed by atoms with van der Waals surface area (Å²) in [5, 5.41) is 0. The van der Waals surface area contributed by atoms with Crippen LogP contribution in [0.5, 0.6) is 5.75 Å². The fourth-order valence-electron chi connectivity index (χ4n) is 0.567. The molecule has 0 radical (unpaired) electrons. The van der Waals surface area contributed by atoms with Crippen LogP contribution in [-0.4, -0.2) is 23.1 Å². The Morgan fingerprint density at radius 3 is 1.93 bits per heavy atom. The molecule has 0 saturated heterocycles. The molecule has 1 aromatic rings. The van der Waals surface area contributed by atoms with Crippen LogP contribution in [0.1, 0.15) is 0 Å². The predicted molar refractivity (Wildman–Crippen MR) is 40.4 cm³/mol. The molecule has 1 unspecified atom stereocenters. The second kappa shape index (κ2) is 15.1. The largest absolute Gasteiger partial charge is 2.00 e. The van der Waals surface area contributed by atoms with Gasteiger partial charge in [-0.25, -0.2) is 0 Å². The van der Waals surface area contributed by atoms with E-state index in [-0.39, 0.29) is 94.6 Å². The Morgan fingerprint density at radius 2 is 1.57 bits per heavy atom. The third-order valence-electron chi connectivity index (χ3n) is 0.923. The quantitative estimate of drug-likeness (QED) is 0.393. The number of halogens is 1. The van der Waals surface area contributed by atoms with E-state index in [1.165, 1.54) is 0 Å². The van der Waals surface area contributed by atoms with Crippen LogP contribution in [0.3, 0.4) is 0 Å². The van der Waals surface area contributed by atoms with E-state index in [0.29, 0.717) is 5.75 Å². The van der Waals surface area contributed by atoms with Gasteiger partial charge in [-0.3, -0.25) is 4.52 Å². The minimum atomic E-state index is -2.78. The maximum Gasteiger partial charge on any atom is 2.00 e. The van der Waals surface area contributed by atoms with Gasteiger partial charge in [-0.2, -0.15) is 0 Å². The summed E-state index contributed by atoms with van der Waals surface area (Å²) in [5.41, 5.74) is 0. The molecule has 60 valence electrons. The molecule has 14 heavy (non-hydrogen) atoms. The van der Waals surface area contributed by atoms with Gasteiger partial charge in [0.1, 0.15) is 0 Å². The Bertz CT molecular complexity index is 240. The van der Waals surface area contributed by atoms with E-state index in [9.17, 15) is 9.46 Å². The molecule has 0 saturated carbocycles. The van der Waals surface area contributed by atoms with Crippen LogP contribution in [-0.2, 0) is 4.57 Å². The first-order valence-corrected chi connectivity index (χ1v) is 3.76. The fraction of sp³-hybridized carbons (Fsp3) is 0. The van der Waals surface area contributed by atoms with Crippen LogP contribution in [0.4, 0.5) is 0 Å². The van der Waals surface area contributed by atoms with Gasteiger partial charge >= 0.3 is 90.4 Å². The van der Waals surface area contributed by atoms with Gasteiger partial charge in [0, 0.05) is 0 Å². The van der Waals surface area contributed by atoms with Gasteiger partial charge in [0.2, 0.25) is 0 Å². The van der Waals surface area contributed by atoms with Gasteiger partial charge in [-0.15, -0.1) is 0 Å². The molecule has 1 aromatic carbocycles. The van der Waals surface area contributed by atoms with Gasteiger partial charge in [0.25, 0.3) is 0 Å². The Morgan fingerprint density at radius 1 is 1.14 bits per heavy atom. The van der Waals surface area contributed by atoms with Gasteiger partial charge in [-0.05, 0) is 16.7 Å². The van der Waals surface area contributed by atoms with E-state index in [2.05, 4.69) is 4.52 Å². The van der Waals surface area contributed by atoms with E-state index in [1.54, 1.807) is 30.3 Å². The van der Waals surface area contributed by atoms with Gasteiger partial charge < -0.3 is 17.3 Å². The van der Waals surface area contributed by atoms with Crippen LogP contribution in [0, 0.1) is 0 Å². The molecule has 3 nitrogen and oxygen atoms in total. The first-order chi connectivity index (χ1) is 4.79. The molecule has 1 rings (SSSR count). The van der Waals surface area contributed by atoms with Crippen molar-refractivity contribution in [3.63, 3.8) is 0 Å². The van der Waals surface area contributed by atoms with Crippen molar-refractivity contribution in [2.24, 2.45) is 0 Å². The molecule has 0 amide bonds. The third-order valence-corrected chi connectivity index (χ3v) is 1.28. The molecule has 8 heteroatoms. The summed E-state index contributed by atoms with van der Waals surface area (Å²) in [6, 6.07) is 8.34. The summed E-state index contributed by atoms with van der Waals surface area (Å²) in [4.78, 5) is 9.98. The SMILES string of the molecule is O=[P+]([O-])Oc1ccccc1.[Cl-].[Mg+2].[Na+].[Na+]. The average molecular weight is 262 g/mol. The second-order valence-electron chi connectivity index (χ2n) is 1.63. The Kier molecular flexibility index (Phi) is 27.1. The minimum absolute atomic E-state index is 0. The normalized spacial score (nSPS) is 7.64. The predicted octanol–water partition coefficient (Wildman–Crippen LogP) is -8.29. The van der Waals surface area contributed by atoms with E-state index < -0.39 is 8.25 Å². The van der Waals surface area contributed by atoms with Crippen molar-refractivity contribution < 1.29 is 85.5 Å². The summed E-state index contributed by atoms with van der Waals surface area (Å²) in [6.45, 7) is 0. The number of benzene rings is 1. The molecule has 0 spiro atoms. The van der Waals surface area contributed by atoms with Crippen molar-refractivity contribution in [3.8, 4) is 5.75 Å². The second-order valence-corrected chi connectivity index (χ2v) is 2.26. The van der Waals surface area contributed by atoms with E-state index in [0.717, 1.165) is 0 Å². The van der Waals surface area contributed by atoms with Crippen molar-refractivity contribution >= 4 is 31.3 Å². The monoisotopic (exact) mass is 261 g/mol.